The van der Waals surface area contributed by atoms with Gasteiger partial charge in [-0.2, -0.15) is 0 Å². The lowest BCUT2D eigenvalue weighted by Gasteiger charge is -2.25. The SMILES string of the molecule is CC(C)Nc1cccnc1N1CCCN(C(=O)c2cc3cc(F)ccc3[nH]2)CC1. The number of carbonyl (C=O) groups excluding carboxylic acids is 1. The second-order valence-electron chi connectivity index (χ2n) is 7.72. The third-order valence-corrected chi connectivity index (χ3v) is 5.13. The highest BCUT2D eigenvalue weighted by Gasteiger charge is 2.23. The number of H-pyrrole nitrogens is 1. The lowest BCUT2D eigenvalue weighted by atomic mass is 10.2. The lowest BCUT2D eigenvalue weighted by molar-refractivity contribution is 0.0762. The molecule has 3 heterocycles. The molecule has 6 nitrogen and oxygen atoms in total. The van der Waals surface area contributed by atoms with Crippen LogP contribution in [0.1, 0.15) is 30.8 Å². The standard InChI is InChI=1S/C22H26FN5O/c1-15(2)25-19-5-3-8-24-21(19)27-9-4-10-28(12-11-27)22(29)20-14-16-13-17(23)6-7-18(16)26-20/h3,5-8,13-15,25-26H,4,9-12H2,1-2H3. The molecule has 7 heteroatoms. The summed E-state index contributed by atoms with van der Waals surface area (Å²) >= 11 is 0. The van der Waals surface area contributed by atoms with Crippen LogP contribution in [0.5, 0.6) is 0 Å². The topological polar surface area (TPSA) is 64.3 Å². The Bertz CT molecular complexity index is 1020. The second-order valence-corrected chi connectivity index (χ2v) is 7.72. The molecule has 0 spiro atoms. The van der Waals surface area contributed by atoms with Crippen LogP contribution < -0.4 is 10.2 Å². The Morgan fingerprint density at radius 2 is 2.03 bits per heavy atom. The van der Waals surface area contributed by atoms with Crippen molar-refractivity contribution < 1.29 is 9.18 Å². The molecule has 1 amide bonds. The third-order valence-electron chi connectivity index (χ3n) is 5.13. The molecule has 1 saturated heterocycles. The van der Waals surface area contributed by atoms with E-state index in [1.807, 2.05) is 17.0 Å². The normalized spacial score (nSPS) is 15.0. The number of nitrogens with one attached hydrogen (secondary N) is 2. The van der Waals surface area contributed by atoms with Crippen molar-refractivity contribution >= 4 is 28.3 Å². The molecule has 2 aromatic heterocycles. The van der Waals surface area contributed by atoms with E-state index in [-0.39, 0.29) is 11.7 Å². The monoisotopic (exact) mass is 395 g/mol. The fraction of sp³-hybridized carbons (Fsp3) is 0.364. The van der Waals surface area contributed by atoms with E-state index < -0.39 is 0 Å². The van der Waals surface area contributed by atoms with Crippen molar-refractivity contribution in [1.82, 2.24) is 14.9 Å². The van der Waals surface area contributed by atoms with Gasteiger partial charge in [0.25, 0.3) is 5.91 Å². The number of pyridine rings is 1. The Morgan fingerprint density at radius 3 is 2.86 bits per heavy atom. The van der Waals surface area contributed by atoms with Crippen LogP contribution in [0.3, 0.4) is 0 Å². The zero-order valence-corrected chi connectivity index (χ0v) is 16.8. The third kappa shape index (κ3) is 4.18. The molecule has 0 saturated carbocycles. The van der Waals surface area contributed by atoms with Crippen LogP contribution in [0.15, 0.2) is 42.6 Å². The molecule has 0 radical (unpaired) electrons. The van der Waals surface area contributed by atoms with Crippen molar-refractivity contribution in [2.75, 3.05) is 36.4 Å². The van der Waals surface area contributed by atoms with E-state index in [9.17, 15) is 9.18 Å². The molecule has 2 N–H and O–H groups in total. The molecule has 1 aliphatic heterocycles. The van der Waals surface area contributed by atoms with Crippen molar-refractivity contribution in [3.05, 3.63) is 54.1 Å². The summed E-state index contributed by atoms with van der Waals surface area (Å²) in [7, 11) is 0. The van der Waals surface area contributed by atoms with Crippen molar-refractivity contribution in [2.45, 2.75) is 26.3 Å². The van der Waals surface area contributed by atoms with Gasteiger partial charge in [0.1, 0.15) is 11.5 Å². The van der Waals surface area contributed by atoms with E-state index >= 15 is 0 Å². The predicted octanol–water partition coefficient (Wildman–Crippen LogP) is 3.87. The molecule has 0 atom stereocenters. The Balaban J connectivity index is 1.49. The Kier molecular flexibility index (Phi) is 5.38. The van der Waals surface area contributed by atoms with Gasteiger partial charge in [0.2, 0.25) is 0 Å². The van der Waals surface area contributed by atoms with Crippen LogP contribution >= 0.6 is 0 Å². The number of carbonyl (C=O) groups is 1. The molecule has 0 aliphatic carbocycles. The number of nitrogens with zero attached hydrogens (tertiary/aromatic N) is 3. The first-order chi connectivity index (χ1) is 14.0. The Hall–Kier alpha value is -3.09. The summed E-state index contributed by atoms with van der Waals surface area (Å²) in [6.45, 7) is 7.05. The Labute approximate surface area is 169 Å². The summed E-state index contributed by atoms with van der Waals surface area (Å²) in [6.07, 6.45) is 2.66. The van der Waals surface area contributed by atoms with Crippen LogP contribution in [-0.2, 0) is 0 Å². The smallest absolute Gasteiger partial charge is 0.270 e. The second kappa shape index (κ2) is 8.11. The molecule has 4 rings (SSSR count). The zero-order valence-electron chi connectivity index (χ0n) is 16.8. The van der Waals surface area contributed by atoms with Crippen molar-refractivity contribution in [3.63, 3.8) is 0 Å². The number of anilines is 2. The van der Waals surface area contributed by atoms with E-state index in [0.29, 0.717) is 36.8 Å². The maximum Gasteiger partial charge on any atom is 0.270 e. The zero-order chi connectivity index (χ0) is 20.4. The molecule has 29 heavy (non-hydrogen) atoms. The molecule has 152 valence electrons. The average molecular weight is 395 g/mol. The van der Waals surface area contributed by atoms with Gasteiger partial charge in [0.05, 0.1) is 5.69 Å². The highest BCUT2D eigenvalue weighted by molar-refractivity contribution is 5.98. The predicted molar refractivity (Wildman–Crippen MR) is 114 cm³/mol. The molecule has 1 fully saturated rings. The fourth-order valence-corrected chi connectivity index (χ4v) is 3.79. The number of aromatic amines is 1. The number of hydrogen-bond acceptors (Lipinski definition) is 4. The van der Waals surface area contributed by atoms with Gasteiger partial charge >= 0.3 is 0 Å². The highest BCUT2D eigenvalue weighted by atomic mass is 19.1. The van der Waals surface area contributed by atoms with E-state index in [1.165, 1.54) is 12.1 Å². The van der Waals surface area contributed by atoms with Crippen molar-refractivity contribution in [1.29, 1.82) is 0 Å². The van der Waals surface area contributed by atoms with Crippen LogP contribution in [0, 0.1) is 5.82 Å². The first-order valence-corrected chi connectivity index (χ1v) is 10.1. The maximum atomic E-state index is 13.4. The lowest BCUT2D eigenvalue weighted by Crippen LogP contribution is -2.35. The summed E-state index contributed by atoms with van der Waals surface area (Å²) in [5.74, 6) is 0.573. The van der Waals surface area contributed by atoms with Gasteiger partial charge in [-0.3, -0.25) is 4.79 Å². The van der Waals surface area contributed by atoms with Gasteiger partial charge in [0, 0.05) is 49.3 Å². The summed E-state index contributed by atoms with van der Waals surface area (Å²) in [5.41, 5.74) is 2.28. The van der Waals surface area contributed by atoms with E-state index in [0.717, 1.165) is 30.0 Å². The Morgan fingerprint density at radius 1 is 1.17 bits per heavy atom. The number of hydrogen-bond donors (Lipinski definition) is 2. The van der Waals surface area contributed by atoms with Gasteiger partial charge in [0.15, 0.2) is 5.82 Å². The van der Waals surface area contributed by atoms with Crippen LogP contribution in [0.25, 0.3) is 10.9 Å². The summed E-state index contributed by atoms with van der Waals surface area (Å²) in [4.78, 5) is 24.8. The van der Waals surface area contributed by atoms with Gasteiger partial charge < -0.3 is 20.1 Å². The summed E-state index contributed by atoms with van der Waals surface area (Å²) in [5, 5.41) is 4.16. The number of benzene rings is 1. The van der Waals surface area contributed by atoms with Crippen LogP contribution in [0.2, 0.25) is 0 Å². The molecular weight excluding hydrogens is 369 g/mol. The summed E-state index contributed by atoms with van der Waals surface area (Å²) in [6, 6.07) is 10.5. The average Bonchev–Trinajstić information content (AvgIpc) is 2.96. The van der Waals surface area contributed by atoms with Gasteiger partial charge in [-0.1, -0.05) is 0 Å². The quantitative estimate of drug-likeness (QED) is 0.704. The first-order valence-electron chi connectivity index (χ1n) is 10.1. The number of aromatic nitrogens is 2. The molecule has 3 aromatic rings. The highest BCUT2D eigenvalue weighted by Crippen LogP contribution is 2.25. The molecule has 1 aliphatic rings. The van der Waals surface area contributed by atoms with Crippen LogP contribution in [-0.4, -0.2) is 53.0 Å². The largest absolute Gasteiger partial charge is 0.380 e. The van der Waals surface area contributed by atoms with Crippen LogP contribution in [0.4, 0.5) is 15.9 Å². The molecule has 1 aromatic carbocycles. The number of fused-ring (bicyclic) bond motifs is 1. The minimum atomic E-state index is -0.304. The van der Waals surface area contributed by atoms with Gasteiger partial charge in [-0.05, 0) is 56.7 Å². The van der Waals surface area contributed by atoms with Crippen molar-refractivity contribution in [2.24, 2.45) is 0 Å². The first kappa shape index (κ1) is 19.2. The summed E-state index contributed by atoms with van der Waals surface area (Å²) < 4.78 is 13.4. The maximum absolute atomic E-state index is 13.4. The van der Waals surface area contributed by atoms with Gasteiger partial charge in [-0.15, -0.1) is 0 Å². The van der Waals surface area contributed by atoms with Gasteiger partial charge in [-0.25, -0.2) is 9.37 Å². The van der Waals surface area contributed by atoms with E-state index in [2.05, 4.69) is 34.0 Å². The minimum absolute atomic E-state index is 0.0509. The minimum Gasteiger partial charge on any atom is -0.380 e. The number of halogens is 1. The van der Waals surface area contributed by atoms with E-state index in [1.54, 1.807) is 18.3 Å². The van der Waals surface area contributed by atoms with E-state index in [4.69, 9.17) is 0 Å². The number of rotatable bonds is 4. The number of amides is 1. The molecular formula is C22H26FN5O. The molecule has 0 bridgehead atoms. The fourth-order valence-electron chi connectivity index (χ4n) is 3.79. The molecule has 0 unspecified atom stereocenters. The van der Waals surface area contributed by atoms with Crippen molar-refractivity contribution in [3.8, 4) is 0 Å².